The second-order valence-electron chi connectivity index (χ2n) is 9.26. The lowest BCUT2D eigenvalue weighted by molar-refractivity contribution is -0.140. The fourth-order valence-electron chi connectivity index (χ4n) is 6.22. The number of carbonyl (C=O) groups is 1. The molecule has 146 valence electrons. The van der Waals surface area contributed by atoms with Crippen LogP contribution in [0, 0.1) is 23.2 Å². The molecule has 1 amide bonds. The highest BCUT2D eigenvalue weighted by atomic mass is 16.5. The minimum atomic E-state index is -0.0976. The zero-order valence-corrected chi connectivity index (χ0v) is 16.4. The van der Waals surface area contributed by atoms with Crippen LogP contribution in [0.1, 0.15) is 44.1 Å². The number of rotatable bonds is 6. The predicted molar refractivity (Wildman–Crippen MR) is 111 cm³/mol. The lowest BCUT2D eigenvalue weighted by Crippen LogP contribution is -2.51. The van der Waals surface area contributed by atoms with Gasteiger partial charge in [0, 0.05) is 12.1 Å². The molecule has 0 atom stereocenters. The molecule has 0 aromatic heterocycles. The van der Waals surface area contributed by atoms with Gasteiger partial charge in [0.25, 0.3) is 0 Å². The van der Waals surface area contributed by atoms with Gasteiger partial charge in [-0.1, -0.05) is 30.3 Å². The Labute approximate surface area is 167 Å². The van der Waals surface area contributed by atoms with Gasteiger partial charge in [-0.2, -0.15) is 0 Å². The summed E-state index contributed by atoms with van der Waals surface area (Å²) in [4.78, 5) is 13.1. The Morgan fingerprint density at radius 1 is 0.893 bits per heavy atom. The van der Waals surface area contributed by atoms with Crippen molar-refractivity contribution in [1.29, 1.82) is 0 Å². The van der Waals surface area contributed by atoms with Crippen LogP contribution in [0.25, 0.3) is 0 Å². The monoisotopic (exact) mass is 375 g/mol. The van der Waals surface area contributed by atoms with Crippen LogP contribution in [0.5, 0.6) is 5.75 Å². The van der Waals surface area contributed by atoms with Gasteiger partial charge in [-0.15, -0.1) is 0 Å². The standard InChI is InChI=1S/C25H29NO2/c27-24(25-15-19-12-20(16-25)14-21(13-19)17-25)26-22-6-8-23(9-7-22)28-11-10-18-4-2-1-3-5-18/h1-9,19-21H,10-17H2,(H,26,27). The molecular formula is C25H29NO2. The minimum Gasteiger partial charge on any atom is -0.493 e. The van der Waals surface area contributed by atoms with Crippen LogP contribution >= 0.6 is 0 Å². The molecule has 4 bridgehead atoms. The number of hydrogen-bond acceptors (Lipinski definition) is 2. The van der Waals surface area contributed by atoms with Crippen molar-refractivity contribution in [1.82, 2.24) is 0 Å². The van der Waals surface area contributed by atoms with Gasteiger partial charge in [0.15, 0.2) is 0 Å². The summed E-state index contributed by atoms with van der Waals surface area (Å²) in [5.74, 6) is 3.47. The maximum absolute atomic E-state index is 13.1. The third-order valence-electron chi connectivity index (χ3n) is 7.13. The molecule has 4 aliphatic rings. The summed E-state index contributed by atoms with van der Waals surface area (Å²) in [5, 5.41) is 3.21. The zero-order chi connectivity index (χ0) is 19.0. The van der Waals surface area contributed by atoms with E-state index in [0.29, 0.717) is 6.61 Å². The molecule has 4 fully saturated rings. The Kier molecular flexibility index (Phi) is 4.62. The van der Waals surface area contributed by atoms with Crippen molar-refractivity contribution in [3.8, 4) is 5.75 Å². The molecule has 0 unspecified atom stereocenters. The maximum atomic E-state index is 13.1. The van der Waals surface area contributed by atoms with E-state index in [1.807, 2.05) is 30.3 Å². The van der Waals surface area contributed by atoms with Gasteiger partial charge in [-0.3, -0.25) is 4.79 Å². The van der Waals surface area contributed by atoms with E-state index in [1.165, 1.54) is 24.8 Å². The molecule has 0 saturated heterocycles. The van der Waals surface area contributed by atoms with E-state index >= 15 is 0 Å². The highest BCUT2D eigenvalue weighted by Gasteiger charge is 2.54. The van der Waals surface area contributed by atoms with Gasteiger partial charge in [-0.05, 0) is 86.1 Å². The number of ether oxygens (including phenoxy) is 1. The van der Waals surface area contributed by atoms with Crippen LogP contribution in [-0.4, -0.2) is 12.5 Å². The van der Waals surface area contributed by atoms with E-state index < -0.39 is 0 Å². The van der Waals surface area contributed by atoms with E-state index in [0.717, 1.165) is 54.9 Å². The molecular weight excluding hydrogens is 346 g/mol. The van der Waals surface area contributed by atoms with Crippen molar-refractivity contribution in [2.75, 3.05) is 11.9 Å². The average Bonchev–Trinajstić information content (AvgIpc) is 2.69. The molecule has 4 saturated carbocycles. The second kappa shape index (κ2) is 7.27. The largest absolute Gasteiger partial charge is 0.493 e. The summed E-state index contributed by atoms with van der Waals surface area (Å²) in [6.07, 6.45) is 8.29. The quantitative estimate of drug-likeness (QED) is 0.728. The number of benzene rings is 2. The molecule has 2 aromatic rings. The SMILES string of the molecule is O=C(Nc1ccc(OCCc2ccccc2)cc1)C12CC3CC(CC(C3)C1)C2. The van der Waals surface area contributed by atoms with Gasteiger partial charge in [0.1, 0.15) is 5.75 Å². The van der Waals surface area contributed by atoms with E-state index in [1.54, 1.807) is 0 Å². The van der Waals surface area contributed by atoms with E-state index in [2.05, 4.69) is 29.6 Å². The number of anilines is 1. The molecule has 0 heterocycles. The van der Waals surface area contributed by atoms with Gasteiger partial charge < -0.3 is 10.1 Å². The fraction of sp³-hybridized carbons (Fsp3) is 0.480. The van der Waals surface area contributed by atoms with Crippen LogP contribution in [0.4, 0.5) is 5.69 Å². The highest BCUT2D eigenvalue weighted by Crippen LogP contribution is 2.60. The van der Waals surface area contributed by atoms with E-state index in [-0.39, 0.29) is 11.3 Å². The third kappa shape index (κ3) is 3.55. The lowest BCUT2D eigenvalue weighted by atomic mass is 9.49. The first-order valence-corrected chi connectivity index (χ1v) is 10.8. The van der Waals surface area contributed by atoms with Crippen LogP contribution in [0.15, 0.2) is 54.6 Å². The zero-order valence-electron chi connectivity index (χ0n) is 16.4. The normalized spacial score (nSPS) is 30.2. The first-order valence-electron chi connectivity index (χ1n) is 10.8. The Morgan fingerprint density at radius 2 is 1.50 bits per heavy atom. The van der Waals surface area contributed by atoms with E-state index in [4.69, 9.17) is 4.74 Å². The summed E-state index contributed by atoms with van der Waals surface area (Å²) < 4.78 is 5.86. The van der Waals surface area contributed by atoms with E-state index in [9.17, 15) is 4.79 Å². The Hall–Kier alpha value is -2.29. The van der Waals surface area contributed by atoms with Gasteiger partial charge in [-0.25, -0.2) is 0 Å². The molecule has 0 radical (unpaired) electrons. The van der Waals surface area contributed by atoms with Gasteiger partial charge in [0.05, 0.1) is 12.0 Å². The fourth-order valence-corrected chi connectivity index (χ4v) is 6.22. The summed E-state index contributed by atoms with van der Waals surface area (Å²) in [5.41, 5.74) is 2.07. The maximum Gasteiger partial charge on any atom is 0.230 e. The summed E-state index contributed by atoms with van der Waals surface area (Å²) in [7, 11) is 0. The first kappa shape index (κ1) is 17.8. The summed E-state index contributed by atoms with van der Waals surface area (Å²) >= 11 is 0. The molecule has 4 aliphatic carbocycles. The van der Waals surface area contributed by atoms with Crippen LogP contribution in [-0.2, 0) is 11.2 Å². The number of nitrogens with one attached hydrogen (secondary N) is 1. The summed E-state index contributed by atoms with van der Waals surface area (Å²) in [6, 6.07) is 18.2. The molecule has 3 nitrogen and oxygen atoms in total. The molecule has 3 heteroatoms. The molecule has 2 aromatic carbocycles. The van der Waals surface area contributed by atoms with Crippen molar-refractivity contribution in [2.45, 2.75) is 44.9 Å². The molecule has 6 rings (SSSR count). The van der Waals surface area contributed by atoms with Crippen LogP contribution in [0.2, 0.25) is 0 Å². The topological polar surface area (TPSA) is 38.3 Å². The Balaban J connectivity index is 1.17. The van der Waals surface area contributed by atoms with Crippen molar-refractivity contribution < 1.29 is 9.53 Å². The average molecular weight is 376 g/mol. The number of hydrogen-bond donors (Lipinski definition) is 1. The lowest BCUT2D eigenvalue weighted by Gasteiger charge is -2.55. The van der Waals surface area contributed by atoms with Crippen molar-refractivity contribution in [3.05, 3.63) is 60.2 Å². The minimum absolute atomic E-state index is 0.0976. The molecule has 0 aliphatic heterocycles. The smallest absolute Gasteiger partial charge is 0.230 e. The number of carbonyl (C=O) groups excluding carboxylic acids is 1. The second-order valence-corrected chi connectivity index (χ2v) is 9.26. The van der Waals surface area contributed by atoms with Crippen molar-refractivity contribution in [2.24, 2.45) is 23.2 Å². The van der Waals surface area contributed by atoms with Gasteiger partial charge in [0.2, 0.25) is 5.91 Å². The molecule has 0 spiro atoms. The third-order valence-corrected chi connectivity index (χ3v) is 7.13. The van der Waals surface area contributed by atoms with Crippen molar-refractivity contribution >= 4 is 11.6 Å². The van der Waals surface area contributed by atoms with Crippen LogP contribution in [0.3, 0.4) is 0 Å². The Bertz CT molecular complexity index is 792. The van der Waals surface area contributed by atoms with Crippen LogP contribution < -0.4 is 10.1 Å². The summed E-state index contributed by atoms with van der Waals surface area (Å²) in [6.45, 7) is 0.656. The highest BCUT2D eigenvalue weighted by molar-refractivity contribution is 5.95. The predicted octanol–water partition coefficient (Wildman–Crippen LogP) is 5.46. The first-order chi connectivity index (χ1) is 13.7. The molecule has 1 N–H and O–H groups in total. The van der Waals surface area contributed by atoms with Crippen molar-refractivity contribution in [3.63, 3.8) is 0 Å². The number of amides is 1. The molecule has 28 heavy (non-hydrogen) atoms. The Morgan fingerprint density at radius 3 is 2.11 bits per heavy atom. The van der Waals surface area contributed by atoms with Gasteiger partial charge >= 0.3 is 0 Å².